The van der Waals surface area contributed by atoms with Crippen LogP contribution in [0, 0.1) is 5.82 Å². The highest BCUT2D eigenvalue weighted by atomic mass is 19.1. The SMILES string of the molecule is COC[C@H](C)Oc1cc(O[C@@H](C)Cc2ccc(F)cc2)cc(C(=O)Nc2ccc(C(=O)O)cn2)c1. The molecule has 0 saturated heterocycles. The van der Waals surface area contributed by atoms with E-state index in [1.54, 1.807) is 37.4 Å². The summed E-state index contributed by atoms with van der Waals surface area (Å²) in [6.45, 7) is 4.06. The zero-order valence-corrected chi connectivity index (χ0v) is 19.7. The van der Waals surface area contributed by atoms with E-state index in [0.717, 1.165) is 11.8 Å². The number of benzene rings is 2. The number of halogens is 1. The summed E-state index contributed by atoms with van der Waals surface area (Å²) in [6, 6.07) is 13.8. The molecule has 3 rings (SSSR count). The first-order chi connectivity index (χ1) is 16.7. The Morgan fingerprint density at radius 1 is 0.971 bits per heavy atom. The largest absolute Gasteiger partial charge is 0.490 e. The summed E-state index contributed by atoms with van der Waals surface area (Å²) in [6.07, 6.45) is 1.16. The summed E-state index contributed by atoms with van der Waals surface area (Å²) in [7, 11) is 1.57. The van der Waals surface area contributed by atoms with Gasteiger partial charge < -0.3 is 24.6 Å². The zero-order chi connectivity index (χ0) is 25.4. The van der Waals surface area contributed by atoms with Gasteiger partial charge in [0.2, 0.25) is 0 Å². The van der Waals surface area contributed by atoms with Gasteiger partial charge in [-0.3, -0.25) is 4.79 Å². The molecule has 184 valence electrons. The Labute approximate surface area is 202 Å². The second-order valence-corrected chi connectivity index (χ2v) is 8.03. The average molecular weight is 483 g/mol. The summed E-state index contributed by atoms with van der Waals surface area (Å²) in [5.41, 5.74) is 1.19. The Balaban J connectivity index is 1.79. The van der Waals surface area contributed by atoms with Gasteiger partial charge in [0, 0.05) is 31.4 Å². The number of carbonyl (C=O) groups excluding carboxylic acids is 1. The number of pyridine rings is 1. The molecule has 0 radical (unpaired) electrons. The highest BCUT2D eigenvalue weighted by molar-refractivity contribution is 6.04. The van der Waals surface area contributed by atoms with Crippen LogP contribution in [-0.4, -0.2) is 47.9 Å². The predicted molar refractivity (Wildman–Crippen MR) is 128 cm³/mol. The van der Waals surface area contributed by atoms with E-state index in [2.05, 4.69) is 10.3 Å². The minimum Gasteiger partial charge on any atom is -0.490 e. The lowest BCUT2D eigenvalue weighted by Gasteiger charge is -2.19. The molecule has 0 spiro atoms. The fourth-order valence-corrected chi connectivity index (χ4v) is 3.35. The maximum absolute atomic E-state index is 13.2. The standard InChI is InChI=1S/C26H27FN2O6/c1-16(10-18-4-7-21(27)8-5-18)34-22-11-20(12-23(13-22)35-17(2)15-33-3)25(30)29-24-9-6-19(14-28-24)26(31)32/h4-9,11-14,16-17H,10,15H2,1-3H3,(H,31,32)(H,28,29,30)/t16-,17-/m0/s1. The maximum Gasteiger partial charge on any atom is 0.337 e. The van der Waals surface area contributed by atoms with Crippen molar-refractivity contribution in [1.82, 2.24) is 4.98 Å². The number of carbonyl (C=O) groups is 2. The number of anilines is 1. The third kappa shape index (κ3) is 7.79. The number of aromatic nitrogens is 1. The quantitative estimate of drug-likeness (QED) is 0.411. The number of ether oxygens (including phenoxy) is 3. The van der Waals surface area contributed by atoms with Gasteiger partial charge in [-0.1, -0.05) is 12.1 Å². The molecule has 0 saturated carbocycles. The molecule has 1 amide bonds. The van der Waals surface area contributed by atoms with Gasteiger partial charge in [-0.05, 0) is 55.8 Å². The number of hydrogen-bond acceptors (Lipinski definition) is 6. The fraction of sp³-hybridized carbons (Fsp3) is 0.269. The number of rotatable bonds is 11. The molecule has 9 heteroatoms. The number of aromatic carboxylic acids is 1. The molecule has 2 aromatic carbocycles. The van der Waals surface area contributed by atoms with Gasteiger partial charge in [-0.25, -0.2) is 14.2 Å². The first kappa shape index (κ1) is 25.6. The minimum atomic E-state index is -1.11. The minimum absolute atomic E-state index is 0.0105. The monoisotopic (exact) mass is 482 g/mol. The molecule has 2 atom stereocenters. The molecule has 35 heavy (non-hydrogen) atoms. The van der Waals surface area contributed by atoms with Crippen molar-refractivity contribution in [3.8, 4) is 11.5 Å². The first-order valence-corrected chi connectivity index (χ1v) is 11.0. The van der Waals surface area contributed by atoms with Crippen LogP contribution >= 0.6 is 0 Å². The molecule has 0 fully saturated rings. The second-order valence-electron chi connectivity index (χ2n) is 8.03. The van der Waals surface area contributed by atoms with Gasteiger partial charge in [0.1, 0.15) is 29.2 Å². The molecule has 1 heterocycles. The molecular weight excluding hydrogens is 455 g/mol. The topological polar surface area (TPSA) is 107 Å². The van der Waals surface area contributed by atoms with E-state index in [1.807, 2.05) is 13.8 Å². The van der Waals surface area contributed by atoms with Crippen molar-refractivity contribution in [2.24, 2.45) is 0 Å². The summed E-state index contributed by atoms with van der Waals surface area (Å²) >= 11 is 0. The van der Waals surface area contributed by atoms with Crippen LogP contribution in [-0.2, 0) is 11.2 Å². The Hall–Kier alpha value is -3.98. The molecule has 0 unspecified atom stereocenters. The number of nitrogens with one attached hydrogen (secondary N) is 1. The number of amides is 1. The van der Waals surface area contributed by atoms with Gasteiger partial charge in [-0.2, -0.15) is 0 Å². The lowest BCUT2D eigenvalue weighted by molar-refractivity contribution is 0.0696. The van der Waals surface area contributed by atoms with E-state index >= 15 is 0 Å². The van der Waals surface area contributed by atoms with Crippen molar-refractivity contribution in [1.29, 1.82) is 0 Å². The zero-order valence-electron chi connectivity index (χ0n) is 19.7. The number of carboxylic acid groups (broad SMARTS) is 1. The van der Waals surface area contributed by atoms with Crippen LogP contribution in [0.3, 0.4) is 0 Å². The predicted octanol–water partition coefficient (Wildman–Crippen LogP) is 4.59. The number of nitrogens with zero attached hydrogens (tertiary/aromatic N) is 1. The van der Waals surface area contributed by atoms with Crippen molar-refractivity contribution in [3.05, 3.63) is 83.3 Å². The lowest BCUT2D eigenvalue weighted by atomic mass is 10.1. The van der Waals surface area contributed by atoms with E-state index in [-0.39, 0.29) is 35.0 Å². The van der Waals surface area contributed by atoms with E-state index < -0.39 is 11.9 Å². The van der Waals surface area contributed by atoms with E-state index in [4.69, 9.17) is 19.3 Å². The molecule has 2 N–H and O–H groups in total. The molecule has 0 aliphatic heterocycles. The van der Waals surface area contributed by atoms with Crippen molar-refractivity contribution in [3.63, 3.8) is 0 Å². The summed E-state index contributed by atoms with van der Waals surface area (Å²) < 4.78 is 30.2. The van der Waals surface area contributed by atoms with Gasteiger partial charge in [0.25, 0.3) is 5.91 Å². The average Bonchev–Trinajstić information content (AvgIpc) is 2.81. The van der Waals surface area contributed by atoms with Crippen molar-refractivity contribution < 1.29 is 33.3 Å². The van der Waals surface area contributed by atoms with Crippen LogP contribution in [0.25, 0.3) is 0 Å². The third-order valence-corrected chi connectivity index (χ3v) is 4.91. The van der Waals surface area contributed by atoms with Crippen LogP contribution in [0.2, 0.25) is 0 Å². The second kappa shape index (κ2) is 11.9. The highest BCUT2D eigenvalue weighted by Crippen LogP contribution is 2.26. The molecule has 1 aromatic heterocycles. The van der Waals surface area contributed by atoms with Crippen molar-refractivity contribution >= 4 is 17.7 Å². The van der Waals surface area contributed by atoms with Gasteiger partial charge in [0.15, 0.2) is 0 Å². The van der Waals surface area contributed by atoms with Crippen LogP contribution in [0.5, 0.6) is 11.5 Å². The molecule has 8 nitrogen and oxygen atoms in total. The summed E-state index contributed by atoms with van der Waals surface area (Å²) in [5.74, 6) is -0.851. The molecular formula is C26H27FN2O6. The summed E-state index contributed by atoms with van der Waals surface area (Å²) in [5, 5.41) is 11.6. The van der Waals surface area contributed by atoms with Gasteiger partial charge in [0.05, 0.1) is 18.3 Å². The summed E-state index contributed by atoms with van der Waals surface area (Å²) in [4.78, 5) is 27.9. The third-order valence-electron chi connectivity index (χ3n) is 4.91. The maximum atomic E-state index is 13.2. The Morgan fingerprint density at radius 2 is 1.63 bits per heavy atom. The van der Waals surface area contributed by atoms with E-state index in [1.165, 1.54) is 24.3 Å². The molecule has 0 aliphatic rings. The van der Waals surface area contributed by atoms with E-state index in [0.29, 0.717) is 24.5 Å². The van der Waals surface area contributed by atoms with Gasteiger partial charge >= 0.3 is 5.97 Å². The normalized spacial score (nSPS) is 12.5. The fourth-order valence-electron chi connectivity index (χ4n) is 3.35. The van der Waals surface area contributed by atoms with Crippen molar-refractivity contribution in [2.45, 2.75) is 32.5 Å². The highest BCUT2D eigenvalue weighted by Gasteiger charge is 2.15. The van der Waals surface area contributed by atoms with E-state index in [9.17, 15) is 14.0 Å². The molecule has 0 aliphatic carbocycles. The Bertz CT molecular complexity index is 1150. The molecule has 0 bridgehead atoms. The first-order valence-electron chi connectivity index (χ1n) is 11.0. The number of hydrogen-bond donors (Lipinski definition) is 2. The van der Waals surface area contributed by atoms with Crippen molar-refractivity contribution in [2.75, 3.05) is 19.0 Å². The Kier molecular flexibility index (Phi) is 8.74. The molecule has 3 aromatic rings. The lowest BCUT2D eigenvalue weighted by Crippen LogP contribution is -2.20. The van der Waals surface area contributed by atoms with Crippen LogP contribution in [0.1, 0.15) is 40.1 Å². The van der Waals surface area contributed by atoms with Gasteiger partial charge in [-0.15, -0.1) is 0 Å². The number of carboxylic acids is 1. The number of methoxy groups -OCH3 is 1. The van der Waals surface area contributed by atoms with Crippen LogP contribution in [0.4, 0.5) is 10.2 Å². The van der Waals surface area contributed by atoms with Crippen LogP contribution in [0.15, 0.2) is 60.8 Å². The van der Waals surface area contributed by atoms with Crippen LogP contribution < -0.4 is 14.8 Å². The Morgan fingerprint density at radius 3 is 2.20 bits per heavy atom. The smallest absolute Gasteiger partial charge is 0.337 e.